The molecule has 0 bridgehead atoms. The molecule has 1 heterocycles. The van der Waals surface area contributed by atoms with Crippen molar-refractivity contribution < 1.29 is 19.2 Å². The largest absolute Gasteiger partial charge is 0.490 e. The van der Waals surface area contributed by atoms with Gasteiger partial charge in [0, 0.05) is 17.0 Å². The molecule has 1 aliphatic heterocycles. The van der Waals surface area contributed by atoms with Crippen molar-refractivity contribution in [3.63, 3.8) is 0 Å². The Hall–Kier alpha value is -3.34. The van der Waals surface area contributed by atoms with Gasteiger partial charge in [0.2, 0.25) is 0 Å². The molecule has 0 unspecified atom stereocenters. The van der Waals surface area contributed by atoms with E-state index in [0.29, 0.717) is 32.9 Å². The summed E-state index contributed by atoms with van der Waals surface area (Å²) in [6, 6.07) is 19.4. The van der Waals surface area contributed by atoms with Crippen molar-refractivity contribution in [1.29, 1.82) is 0 Å². The molecule has 0 radical (unpaired) electrons. The van der Waals surface area contributed by atoms with Crippen LogP contribution in [0.1, 0.15) is 18.1 Å². The van der Waals surface area contributed by atoms with Gasteiger partial charge in [-0.1, -0.05) is 48.2 Å². The summed E-state index contributed by atoms with van der Waals surface area (Å²) in [5, 5.41) is 11.0. The molecule has 0 N–H and O–H groups in total. The van der Waals surface area contributed by atoms with Crippen LogP contribution in [0, 0.1) is 10.1 Å². The summed E-state index contributed by atoms with van der Waals surface area (Å²) in [7, 11) is 0. The Kier molecular flexibility index (Phi) is 8.29. The molecule has 10 heteroatoms. The molecule has 3 aromatic rings. The third-order valence-corrected chi connectivity index (χ3v) is 7.21. The average molecular weight is 539 g/mol. The number of carbonyl (C=O) groups is 1. The zero-order valence-electron chi connectivity index (χ0n) is 19.5. The molecular formula is C26H22N2O5S3. The van der Waals surface area contributed by atoms with Gasteiger partial charge in [-0.05, 0) is 60.7 Å². The quantitative estimate of drug-likeness (QED) is 0.0979. The summed E-state index contributed by atoms with van der Waals surface area (Å²) in [4.78, 5) is 26.9. The van der Waals surface area contributed by atoms with Gasteiger partial charge < -0.3 is 9.47 Å². The second-order valence-electron chi connectivity index (χ2n) is 7.57. The van der Waals surface area contributed by atoms with Crippen LogP contribution in [0.25, 0.3) is 6.08 Å². The lowest BCUT2D eigenvalue weighted by Gasteiger charge is -2.15. The van der Waals surface area contributed by atoms with Crippen LogP contribution in [0.5, 0.6) is 11.5 Å². The number of non-ortho nitro benzene ring substituents is 1. The van der Waals surface area contributed by atoms with Gasteiger partial charge in [-0.2, -0.15) is 0 Å². The van der Waals surface area contributed by atoms with Crippen LogP contribution in [0.2, 0.25) is 0 Å². The number of thioether (sulfide) groups is 2. The molecule has 1 amide bonds. The third-order valence-electron chi connectivity index (χ3n) is 5.19. The molecule has 0 aliphatic carbocycles. The van der Waals surface area contributed by atoms with Gasteiger partial charge in [0.25, 0.3) is 11.6 Å². The summed E-state index contributed by atoms with van der Waals surface area (Å²) in [5.41, 5.74) is 2.19. The highest BCUT2D eigenvalue weighted by Gasteiger charge is 2.33. The Morgan fingerprint density at radius 3 is 2.64 bits per heavy atom. The molecule has 1 aliphatic rings. The van der Waals surface area contributed by atoms with Gasteiger partial charge in [-0.25, -0.2) is 0 Å². The van der Waals surface area contributed by atoms with Crippen LogP contribution < -0.4 is 14.4 Å². The van der Waals surface area contributed by atoms with Crippen molar-refractivity contribution in [2.75, 3.05) is 17.8 Å². The monoisotopic (exact) mass is 538 g/mol. The first-order chi connectivity index (χ1) is 17.4. The molecule has 3 aromatic carbocycles. The number of amides is 1. The fourth-order valence-electron chi connectivity index (χ4n) is 3.51. The van der Waals surface area contributed by atoms with E-state index in [4.69, 9.17) is 21.7 Å². The number of hydrogen-bond acceptors (Lipinski definition) is 8. The maximum Gasteiger partial charge on any atom is 0.270 e. The van der Waals surface area contributed by atoms with E-state index in [2.05, 4.69) is 0 Å². The molecule has 0 saturated carbocycles. The molecule has 1 saturated heterocycles. The van der Waals surface area contributed by atoms with E-state index in [1.165, 1.54) is 23.9 Å². The van der Waals surface area contributed by atoms with Crippen LogP contribution in [-0.2, 0) is 11.4 Å². The summed E-state index contributed by atoms with van der Waals surface area (Å²) in [5.74, 6) is 0.842. The summed E-state index contributed by atoms with van der Waals surface area (Å²) in [6.07, 6.45) is 3.76. The highest BCUT2D eigenvalue weighted by Crippen LogP contribution is 2.38. The second kappa shape index (κ2) is 11.6. The lowest BCUT2D eigenvalue weighted by Crippen LogP contribution is -2.27. The number of nitro benzene ring substituents is 1. The predicted molar refractivity (Wildman–Crippen MR) is 149 cm³/mol. The van der Waals surface area contributed by atoms with Crippen molar-refractivity contribution in [1.82, 2.24) is 0 Å². The molecule has 0 aromatic heterocycles. The van der Waals surface area contributed by atoms with Crippen LogP contribution in [0.3, 0.4) is 0 Å². The van der Waals surface area contributed by atoms with Gasteiger partial charge in [0.1, 0.15) is 6.61 Å². The topological polar surface area (TPSA) is 81.9 Å². The summed E-state index contributed by atoms with van der Waals surface area (Å²) in [6.45, 7) is 2.43. The van der Waals surface area contributed by atoms with Gasteiger partial charge in [0.15, 0.2) is 15.8 Å². The van der Waals surface area contributed by atoms with Crippen molar-refractivity contribution in [2.45, 2.75) is 18.4 Å². The van der Waals surface area contributed by atoms with Crippen molar-refractivity contribution in [2.24, 2.45) is 0 Å². The first kappa shape index (κ1) is 25.7. The van der Waals surface area contributed by atoms with E-state index in [1.807, 2.05) is 43.5 Å². The zero-order chi connectivity index (χ0) is 25.7. The minimum atomic E-state index is -0.438. The lowest BCUT2D eigenvalue weighted by atomic mass is 10.1. The number of carbonyl (C=O) groups excluding carboxylic acids is 1. The first-order valence-corrected chi connectivity index (χ1v) is 13.4. The summed E-state index contributed by atoms with van der Waals surface area (Å²) < 4.78 is 12.1. The molecule has 0 spiro atoms. The molecular weight excluding hydrogens is 516 g/mol. The average Bonchev–Trinajstić information content (AvgIpc) is 3.16. The number of benzene rings is 3. The van der Waals surface area contributed by atoms with Crippen molar-refractivity contribution >= 4 is 63.4 Å². The normalized spacial score (nSPS) is 14.4. The Labute approximate surface area is 222 Å². The van der Waals surface area contributed by atoms with E-state index in [9.17, 15) is 14.9 Å². The molecule has 0 atom stereocenters. The van der Waals surface area contributed by atoms with Crippen molar-refractivity contribution in [3.8, 4) is 11.5 Å². The third kappa shape index (κ3) is 5.89. The Bertz CT molecular complexity index is 1360. The summed E-state index contributed by atoms with van der Waals surface area (Å²) >= 11 is 8.36. The molecule has 1 fully saturated rings. The maximum absolute atomic E-state index is 13.2. The number of thiocarbonyl (C=S) groups is 1. The van der Waals surface area contributed by atoms with Crippen LogP contribution in [0.4, 0.5) is 11.4 Å². The van der Waals surface area contributed by atoms with E-state index in [-0.39, 0.29) is 18.2 Å². The Balaban J connectivity index is 1.54. The van der Waals surface area contributed by atoms with Crippen LogP contribution in [-0.4, -0.2) is 28.0 Å². The second-order valence-corrected chi connectivity index (χ2v) is 10.1. The maximum atomic E-state index is 13.2. The van der Waals surface area contributed by atoms with E-state index in [0.717, 1.165) is 16.1 Å². The fourth-order valence-corrected chi connectivity index (χ4v) is 5.27. The fraction of sp³-hybridized carbons (Fsp3) is 0.154. The van der Waals surface area contributed by atoms with E-state index in [1.54, 1.807) is 47.0 Å². The number of nitro groups is 1. The SMILES string of the molecule is CCOc1cc(/C=C2/SC(=S)N(c3cccc(SC)c3)C2=O)ccc1OCc1cccc([N+](=O)[O-])c1. The van der Waals surface area contributed by atoms with Gasteiger partial charge in [0.05, 0.1) is 22.1 Å². The molecule has 36 heavy (non-hydrogen) atoms. The van der Waals surface area contributed by atoms with E-state index < -0.39 is 4.92 Å². The highest BCUT2D eigenvalue weighted by atomic mass is 32.2. The number of ether oxygens (including phenoxy) is 2. The van der Waals surface area contributed by atoms with Crippen LogP contribution >= 0.6 is 35.7 Å². The zero-order valence-corrected chi connectivity index (χ0v) is 22.0. The first-order valence-electron chi connectivity index (χ1n) is 10.9. The number of rotatable bonds is 9. The van der Waals surface area contributed by atoms with E-state index >= 15 is 0 Å². The highest BCUT2D eigenvalue weighted by molar-refractivity contribution is 8.27. The number of anilines is 1. The van der Waals surface area contributed by atoms with Crippen LogP contribution in [0.15, 0.2) is 76.5 Å². The van der Waals surface area contributed by atoms with Gasteiger partial charge >= 0.3 is 0 Å². The molecule has 184 valence electrons. The number of hydrogen-bond donors (Lipinski definition) is 0. The smallest absolute Gasteiger partial charge is 0.270 e. The minimum Gasteiger partial charge on any atom is -0.490 e. The molecule has 4 rings (SSSR count). The lowest BCUT2D eigenvalue weighted by molar-refractivity contribution is -0.384. The molecule has 7 nitrogen and oxygen atoms in total. The van der Waals surface area contributed by atoms with Crippen molar-refractivity contribution in [3.05, 3.63) is 92.9 Å². The Morgan fingerprint density at radius 1 is 1.08 bits per heavy atom. The minimum absolute atomic E-state index is 0.00830. The predicted octanol–water partition coefficient (Wildman–Crippen LogP) is 6.70. The number of nitrogens with zero attached hydrogens (tertiary/aromatic N) is 2. The Morgan fingerprint density at radius 2 is 1.89 bits per heavy atom. The standard InChI is InChI=1S/C26H22N2O5S3/c1-3-32-23-13-17(10-11-22(23)33-16-18-6-4-8-20(12-18)28(30)31)14-24-25(29)27(26(34)36-24)19-7-5-9-21(15-19)35-2/h4-15H,3,16H2,1-2H3/b24-14+. The van der Waals surface area contributed by atoms with Gasteiger partial charge in [-0.3, -0.25) is 19.8 Å². The van der Waals surface area contributed by atoms with Gasteiger partial charge in [-0.15, -0.1) is 11.8 Å².